The van der Waals surface area contributed by atoms with Gasteiger partial charge >= 0.3 is 5.97 Å². The van der Waals surface area contributed by atoms with Crippen molar-refractivity contribution in [3.63, 3.8) is 0 Å². The summed E-state index contributed by atoms with van der Waals surface area (Å²) in [6.45, 7) is 3.00. The summed E-state index contributed by atoms with van der Waals surface area (Å²) in [6.07, 6.45) is 2.00. The molecule has 0 fully saturated rings. The molecule has 1 aliphatic rings. The molecule has 0 radical (unpaired) electrons. The maximum absolute atomic E-state index is 12.5. The van der Waals surface area contributed by atoms with E-state index in [4.69, 9.17) is 4.74 Å². The van der Waals surface area contributed by atoms with Crippen molar-refractivity contribution in [1.82, 2.24) is 5.32 Å². The second kappa shape index (κ2) is 7.83. The number of esters is 1. The molecule has 0 saturated heterocycles. The maximum Gasteiger partial charge on any atom is 0.349 e. The molecule has 1 aromatic heterocycles. The summed E-state index contributed by atoms with van der Waals surface area (Å²) in [5.74, 6) is -1.01. The Kier molecular flexibility index (Phi) is 5.52. The van der Waals surface area contributed by atoms with E-state index in [1.54, 1.807) is 19.1 Å². The number of hydrogen-bond acceptors (Lipinski definition) is 5. The average molecular weight is 371 g/mol. The van der Waals surface area contributed by atoms with Gasteiger partial charge in [0.15, 0.2) is 11.9 Å². The maximum atomic E-state index is 12.5. The van der Waals surface area contributed by atoms with Gasteiger partial charge in [-0.2, -0.15) is 0 Å². The van der Waals surface area contributed by atoms with E-state index in [-0.39, 0.29) is 17.7 Å². The SMILES string of the molecule is CC(=O)c1ccc(C(=O)OC(C)C(=O)NC2CCCc3ccccc32)s1. The van der Waals surface area contributed by atoms with Gasteiger partial charge in [-0.3, -0.25) is 9.59 Å². The van der Waals surface area contributed by atoms with Crippen LogP contribution >= 0.6 is 11.3 Å². The van der Waals surface area contributed by atoms with E-state index in [9.17, 15) is 14.4 Å². The molecule has 5 nitrogen and oxygen atoms in total. The van der Waals surface area contributed by atoms with Crippen molar-refractivity contribution in [2.75, 3.05) is 0 Å². The molecule has 1 aromatic carbocycles. The van der Waals surface area contributed by atoms with Crippen LogP contribution in [0.4, 0.5) is 0 Å². The van der Waals surface area contributed by atoms with Gasteiger partial charge < -0.3 is 10.1 Å². The number of fused-ring (bicyclic) bond motifs is 1. The fraction of sp³-hybridized carbons (Fsp3) is 0.350. The van der Waals surface area contributed by atoms with E-state index in [1.165, 1.54) is 12.5 Å². The largest absolute Gasteiger partial charge is 0.448 e. The second-order valence-electron chi connectivity index (χ2n) is 6.42. The van der Waals surface area contributed by atoms with Gasteiger partial charge in [0.2, 0.25) is 0 Å². The van der Waals surface area contributed by atoms with Gasteiger partial charge in [-0.15, -0.1) is 11.3 Å². The molecule has 2 aromatic rings. The van der Waals surface area contributed by atoms with Gasteiger partial charge in [0.1, 0.15) is 4.88 Å². The van der Waals surface area contributed by atoms with Crippen molar-refractivity contribution in [1.29, 1.82) is 0 Å². The van der Waals surface area contributed by atoms with Crippen LogP contribution in [0.5, 0.6) is 0 Å². The minimum Gasteiger partial charge on any atom is -0.448 e. The Morgan fingerprint density at radius 1 is 1.15 bits per heavy atom. The van der Waals surface area contributed by atoms with Crippen LogP contribution in [0, 0.1) is 0 Å². The predicted molar refractivity (Wildman–Crippen MR) is 99.5 cm³/mol. The van der Waals surface area contributed by atoms with E-state index in [2.05, 4.69) is 11.4 Å². The third-order valence-electron chi connectivity index (χ3n) is 4.49. The number of ether oxygens (including phenoxy) is 1. The Balaban J connectivity index is 1.61. The molecule has 0 aliphatic heterocycles. The van der Waals surface area contributed by atoms with E-state index in [0.29, 0.717) is 9.75 Å². The molecule has 1 heterocycles. The molecular weight excluding hydrogens is 350 g/mol. The van der Waals surface area contributed by atoms with Crippen LogP contribution in [-0.2, 0) is 16.0 Å². The van der Waals surface area contributed by atoms with Crippen LogP contribution in [0.25, 0.3) is 0 Å². The molecule has 136 valence electrons. The minimum absolute atomic E-state index is 0.0559. The van der Waals surface area contributed by atoms with Crippen molar-refractivity contribution in [3.05, 3.63) is 57.3 Å². The molecule has 2 atom stereocenters. The van der Waals surface area contributed by atoms with Crippen molar-refractivity contribution < 1.29 is 19.1 Å². The van der Waals surface area contributed by atoms with Gasteiger partial charge in [-0.25, -0.2) is 4.79 Å². The zero-order valence-electron chi connectivity index (χ0n) is 14.8. The number of benzene rings is 1. The predicted octanol–water partition coefficient (Wildman–Crippen LogP) is 3.69. The molecule has 0 bridgehead atoms. The molecular formula is C20H21NO4S. The summed E-state index contributed by atoms with van der Waals surface area (Å²) in [7, 11) is 0. The summed E-state index contributed by atoms with van der Waals surface area (Å²) in [5.41, 5.74) is 2.39. The molecule has 1 aliphatic carbocycles. The van der Waals surface area contributed by atoms with Crippen LogP contribution in [0.2, 0.25) is 0 Å². The number of aryl methyl sites for hydroxylation is 1. The highest BCUT2D eigenvalue weighted by Crippen LogP contribution is 2.29. The number of nitrogens with one attached hydrogen (secondary N) is 1. The quantitative estimate of drug-likeness (QED) is 0.643. The van der Waals surface area contributed by atoms with Crippen LogP contribution in [0.15, 0.2) is 36.4 Å². The topological polar surface area (TPSA) is 72.5 Å². The number of ketones is 1. The lowest BCUT2D eigenvalue weighted by Gasteiger charge is -2.27. The first-order valence-electron chi connectivity index (χ1n) is 8.65. The monoisotopic (exact) mass is 371 g/mol. The Morgan fingerprint density at radius 2 is 1.88 bits per heavy atom. The highest BCUT2D eigenvalue weighted by molar-refractivity contribution is 7.15. The number of carbonyl (C=O) groups excluding carboxylic acids is 3. The Labute approximate surface area is 156 Å². The molecule has 26 heavy (non-hydrogen) atoms. The van der Waals surface area contributed by atoms with E-state index in [0.717, 1.165) is 36.2 Å². The first kappa shape index (κ1) is 18.3. The van der Waals surface area contributed by atoms with E-state index < -0.39 is 12.1 Å². The number of Topliss-reactive ketones (excluding diaryl/α,β-unsaturated/α-hetero) is 1. The average Bonchev–Trinajstić information content (AvgIpc) is 3.12. The van der Waals surface area contributed by atoms with E-state index in [1.807, 2.05) is 18.2 Å². The van der Waals surface area contributed by atoms with Gasteiger partial charge in [0.25, 0.3) is 5.91 Å². The molecule has 2 unspecified atom stereocenters. The van der Waals surface area contributed by atoms with Crippen molar-refractivity contribution in [2.45, 2.75) is 45.3 Å². The molecule has 1 N–H and O–H groups in total. The second-order valence-corrected chi connectivity index (χ2v) is 7.50. The Morgan fingerprint density at radius 3 is 2.62 bits per heavy atom. The van der Waals surface area contributed by atoms with Gasteiger partial charge in [0.05, 0.1) is 10.9 Å². The lowest BCUT2D eigenvalue weighted by molar-refractivity contribution is -0.130. The van der Waals surface area contributed by atoms with Gasteiger partial charge in [-0.1, -0.05) is 24.3 Å². The zero-order valence-corrected chi connectivity index (χ0v) is 15.6. The summed E-state index contributed by atoms with van der Waals surface area (Å²) in [6, 6.07) is 11.2. The van der Waals surface area contributed by atoms with Gasteiger partial charge in [0, 0.05) is 0 Å². The van der Waals surface area contributed by atoms with Crippen LogP contribution in [0.3, 0.4) is 0 Å². The molecule has 3 rings (SSSR count). The van der Waals surface area contributed by atoms with Crippen LogP contribution < -0.4 is 5.32 Å². The molecule has 0 saturated carbocycles. The number of rotatable bonds is 5. The molecule has 1 amide bonds. The normalized spacial score (nSPS) is 17.1. The van der Waals surface area contributed by atoms with Crippen molar-refractivity contribution >= 4 is 29.0 Å². The fourth-order valence-electron chi connectivity index (χ4n) is 3.10. The summed E-state index contributed by atoms with van der Waals surface area (Å²) in [4.78, 5) is 36.8. The summed E-state index contributed by atoms with van der Waals surface area (Å²) in [5, 5.41) is 2.99. The number of carbonyl (C=O) groups is 3. The van der Waals surface area contributed by atoms with Crippen LogP contribution in [-0.4, -0.2) is 23.8 Å². The third-order valence-corrected chi connectivity index (χ3v) is 5.66. The third kappa shape index (κ3) is 4.02. The first-order chi connectivity index (χ1) is 12.5. The smallest absolute Gasteiger partial charge is 0.349 e. The highest BCUT2D eigenvalue weighted by atomic mass is 32.1. The van der Waals surface area contributed by atoms with Gasteiger partial charge in [-0.05, 0) is 56.4 Å². The van der Waals surface area contributed by atoms with Crippen molar-refractivity contribution in [3.8, 4) is 0 Å². The first-order valence-corrected chi connectivity index (χ1v) is 9.47. The van der Waals surface area contributed by atoms with Crippen molar-refractivity contribution in [2.24, 2.45) is 0 Å². The number of amides is 1. The zero-order chi connectivity index (χ0) is 18.7. The highest BCUT2D eigenvalue weighted by Gasteiger charge is 2.26. The van der Waals surface area contributed by atoms with Crippen LogP contribution in [0.1, 0.15) is 63.2 Å². The molecule has 6 heteroatoms. The standard InChI is InChI=1S/C20H21NO4S/c1-12(22)17-10-11-18(26-17)20(24)25-13(2)19(23)21-16-9-5-7-14-6-3-4-8-15(14)16/h3-4,6,8,10-11,13,16H,5,7,9H2,1-2H3,(H,21,23). The number of hydrogen-bond donors (Lipinski definition) is 1. The molecule has 0 spiro atoms. The summed E-state index contributed by atoms with van der Waals surface area (Å²) < 4.78 is 5.27. The number of thiophene rings is 1. The fourth-order valence-corrected chi connectivity index (χ4v) is 3.89. The lowest BCUT2D eigenvalue weighted by atomic mass is 9.87. The van der Waals surface area contributed by atoms with E-state index >= 15 is 0 Å². The summed E-state index contributed by atoms with van der Waals surface area (Å²) >= 11 is 1.07. The Bertz CT molecular complexity index is 842. The minimum atomic E-state index is -0.903. The Hall–Kier alpha value is -2.47. The lowest BCUT2D eigenvalue weighted by Crippen LogP contribution is -2.39.